The van der Waals surface area contributed by atoms with Gasteiger partial charge in [-0.25, -0.2) is 0 Å². The van der Waals surface area contributed by atoms with Crippen LogP contribution >= 0.6 is 0 Å². The van der Waals surface area contributed by atoms with Crippen molar-refractivity contribution >= 4 is 11.9 Å². The van der Waals surface area contributed by atoms with Gasteiger partial charge in [-0.15, -0.1) is 0 Å². The van der Waals surface area contributed by atoms with Crippen molar-refractivity contribution in [1.82, 2.24) is 0 Å². The molecule has 4 heteroatoms. The number of hydrogen-bond donors (Lipinski definition) is 2. The first-order valence-electron chi connectivity index (χ1n) is 8.86. The molecule has 1 aromatic carbocycles. The van der Waals surface area contributed by atoms with Crippen LogP contribution < -0.4 is 4.74 Å². The zero-order valence-corrected chi connectivity index (χ0v) is 16.2. The van der Waals surface area contributed by atoms with Gasteiger partial charge in [0.1, 0.15) is 11.4 Å². The molecule has 140 valence electrons. The van der Waals surface area contributed by atoms with Gasteiger partial charge >= 0.3 is 0 Å². The van der Waals surface area contributed by atoms with Gasteiger partial charge in [-0.2, -0.15) is 0 Å². The fraction of sp³-hybridized carbons (Fsp3) is 0.409. The minimum atomic E-state index is -1.23. The molecule has 1 unspecified atom stereocenters. The Bertz CT molecular complexity index is 778. The number of aliphatic hydroxyl groups is 2. The zero-order chi connectivity index (χ0) is 19.5. The smallest absolute Gasteiger partial charge is 0.199 e. The molecule has 2 N–H and O–H groups in total. The molecule has 0 aliphatic carbocycles. The van der Waals surface area contributed by atoms with E-state index in [0.717, 1.165) is 11.1 Å². The van der Waals surface area contributed by atoms with E-state index < -0.39 is 11.7 Å². The lowest BCUT2D eigenvalue weighted by molar-refractivity contribution is -0.0260. The maximum Gasteiger partial charge on any atom is 0.199 e. The number of Topliss-reactive ketones (excluding diaryl/α,β-unsaturated/α-hetero) is 1. The topological polar surface area (TPSA) is 66.8 Å². The van der Waals surface area contributed by atoms with Gasteiger partial charge in [-0.05, 0) is 58.2 Å². The van der Waals surface area contributed by atoms with Crippen LogP contribution in [-0.4, -0.2) is 27.7 Å². The van der Waals surface area contributed by atoms with E-state index in [2.05, 4.69) is 6.08 Å². The van der Waals surface area contributed by atoms with Crippen molar-refractivity contribution in [3.63, 3.8) is 0 Å². The fourth-order valence-corrected chi connectivity index (χ4v) is 2.99. The highest BCUT2D eigenvalue weighted by atomic mass is 16.5. The molecule has 2 rings (SSSR count). The molecule has 1 aromatic rings. The Hall–Kier alpha value is -2.17. The quantitative estimate of drug-likeness (QED) is 0.618. The Kier molecular flexibility index (Phi) is 6.21. The average molecular weight is 356 g/mol. The molecule has 26 heavy (non-hydrogen) atoms. The van der Waals surface area contributed by atoms with Crippen molar-refractivity contribution in [2.75, 3.05) is 0 Å². The van der Waals surface area contributed by atoms with Crippen molar-refractivity contribution in [1.29, 1.82) is 0 Å². The summed E-state index contributed by atoms with van der Waals surface area (Å²) in [6.45, 7) is 9.06. The van der Waals surface area contributed by atoms with E-state index in [0.29, 0.717) is 23.3 Å². The van der Waals surface area contributed by atoms with Gasteiger partial charge in [0.2, 0.25) is 0 Å². The fourth-order valence-electron chi connectivity index (χ4n) is 2.99. The number of ketones is 1. The van der Waals surface area contributed by atoms with Crippen LogP contribution in [0.3, 0.4) is 0 Å². The second-order valence-electron chi connectivity index (χ2n) is 7.31. The Morgan fingerprint density at radius 3 is 2.58 bits per heavy atom. The summed E-state index contributed by atoms with van der Waals surface area (Å²) in [6.07, 6.45) is 9.12. The lowest BCUT2D eigenvalue weighted by atomic mass is 9.85. The van der Waals surface area contributed by atoms with Gasteiger partial charge < -0.3 is 14.9 Å². The van der Waals surface area contributed by atoms with Gasteiger partial charge in [0.25, 0.3) is 0 Å². The summed E-state index contributed by atoms with van der Waals surface area (Å²) in [5.41, 5.74) is 2.80. The molecule has 0 aromatic heterocycles. The van der Waals surface area contributed by atoms with E-state index >= 15 is 0 Å². The Labute approximate surface area is 155 Å². The molecule has 1 aliphatic heterocycles. The van der Waals surface area contributed by atoms with Gasteiger partial charge in [0, 0.05) is 5.56 Å². The second-order valence-corrected chi connectivity index (χ2v) is 7.31. The van der Waals surface area contributed by atoms with Crippen molar-refractivity contribution in [3.8, 4) is 5.75 Å². The molecule has 0 bridgehead atoms. The van der Waals surface area contributed by atoms with Crippen molar-refractivity contribution in [2.24, 2.45) is 0 Å². The van der Waals surface area contributed by atoms with Gasteiger partial charge in [-0.1, -0.05) is 36.0 Å². The highest BCUT2D eigenvalue weighted by Gasteiger charge is 2.43. The summed E-state index contributed by atoms with van der Waals surface area (Å²) in [7, 11) is 0. The monoisotopic (exact) mass is 356 g/mol. The van der Waals surface area contributed by atoms with Crippen molar-refractivity contribution in [2.45, 2.75) is 59.4 Å². The van der Waals surface area contributed by atoms with E-state index in [-0.39, 0.29) is 12.4 Å². The highest BCUT2D eigenvalue weighted by Crippen LogP contribution is 2.40. The first-order chi connectivity index (χ1) is 12.2. The lowest BCUT2D eigenvalue weighted by Gasteiger charge is -2.37. The summed E-state index contributed by atoms with van der Waals surface area (Å²) in [5, 5.41) is 20.3. The lowest BCUT2D eigenvalue weighted by Crippen LogP contribution is -2.50. The summed E-state index contributed by atoms with van der Waals surface area (Å²) in [5.74, 6) is 0.00209. The first kappa shape index (κ1) is 20.1. The van der Waals surface area contributed by atoms with Crippen LogP contribution in [0.1, 0.15) is 61.7 Å². The SMILES string of the molecule is C/C=C/C=C\c1c(CC=C(C)C)cc2c(c1CO)OC(C)(C)C(O)C2=O. The highest BCUT2D eigenvalue weighted by molar-refractivity contribution is 6.04. The normalized spacial score (nSPS) is 18.9. The molecule has 1 aliphatic rings. The van der Waals surface area contributed by atoms with Crippen LogP contribution in [-0.2, 0) is 13.0 Å². The molecule has 0 saturated heterocycles. The molecule has 4 nitrogen and oxygen atoms in total. The number of hydrogen-bond acceptors (Lipinski definition) is 4. The Balaban J connectivity index is 2.73. The van der Waals surface area contributed by atoms with Crippen LogP contribution in [0.15, 0.2) is 35.9 Å². The first-order valence-corrected chi connectivity index (χ1v) is 8.86. The van der Waals surface area contributed by atoms with E-state index in [1.54, 1.807) is 19.9 Å². The van der Waals surface area contributed by atoms with Crippen LogP contribution in [0.25, 0.3) is 6.08 Å². The molecular weight excluding hydrogens is 328 g/mol. The zero-order valence-electron chi connectivity index (χ0n) is 16.2. The van der Waals surface area contributed by atoms with Gasteiger partial charge in [-0.3, -0.25) is 4.79 Å². The third-order valence-electron chi connectivity index (χ3n) is 4.50. The molecule has 0 radical (unpaired) electrons. The molecule has 1 atom stereocenters. The molecule has 1 heterocycles. The van der Waals surface area contributed by atoms with Crippen LogP contribution in [0, 0.1) is 0 Å². The molecule has 0 fully saturated rings. The Morgan fingerprint density at radius 1 is 1.31 bits per heavy atom. The van der Waals surface area contributed by atoms with E-state index in [4.69, 9.17) is 4.74 Å². The predicted molar refractivity (Wildman–Crippen MR) is 104 cm³/mol. The number of allylic oxidation sites excluding steroid dienone is 5. The minimum absolute atomic E-state index is 0.250. The van der Waals surface area contributed by atoms with E-state index in [1.807, 2.05) is 45.1 Å². The second kappa shape index (κ2) is 8.02. The van der Waals surface area contributed by atoms with Crippen molar-refractivity contribution in [3.05, 3.63) is 58.2 Å². The minimum Gasteiger partial charge on any atom is -0.483 e. The molecule has 0 spiro atoms. The number of fused-ring (bicyclic) bond motifs is 1. The van der Waals surface area contributed by atoms with Crippen LogP contribution in [0.2, 0.25) is 0 Å². The third kappa shape index (κ3) is 3.97. The number of rotatable bonds is 5. The molecular formula is C22H28O4. The van der Waals surface area contributed by atoms with Gasteiger partial charge in [0.15, 0.2) is 11.9 Å². The maximum absolute atomic E-state index is 12.7. The number of carbonyl (C=O) groups excluding carboxylic acids is 1. The largest absolute Gasteiger partial charge is 0.483 e. The average Bonchev–Trinajstić information content (AvgIpc) is 2.58. The Morgan fingerprint density at radius 2 is 2.00 bits per heavy atom. The van der Waals surface area contributed by atoms with Crippen molar-refractivity contribution < 1.29 is 19.7 Å². The summed E-state index contributed by atoms with van der Waals surface area (Å²) < 4.78 is 5.95. The summed E-state index contributed by atoms with van der Waals surface area (Å²) in [4.78, 5) is 12.7. The standard InChI is InChI=1S/C22H28O4/c1-6-7-8-9-16-15(11-10-14(2)3)12-17-19(24)21(25)22(4,5)26-20(17)18(16)13-23/h6-10,12,21,23,25H,11,13H2,1-5H3/b7-6+,9-8-. The summed E-state index contributed by atoms with van der Waals surface area (Å²) in [6, 6.07) is 1.78. The number of aliphatic hydroxyl groups excluding tert-OH is 2. The van der Waals surface area contributed by atoms with E-state index in [9.17, 15) is 15.0 Å². The van der Waals surface area contributed by atoms with E-state index in [1.165, 1.54) is 5.57 Å². The number of carbonyl (C=O) groups is 1. The predicted octanol–water partition coefficient (Wildman–Crippen LogP) is 3.99. The maximum atomic E-state index is 12.7. The van der Waals surface area contributed by atoms with Gasteiger partial charge in [0.05, 0.1) is 12.2 Å². The molecule has 0 saturated carbocycles. The summed E-state index contributed by atoms with van der Waals surface area (Å²) >= 11 is 0. The third-order valence-corrected chi connectivity index (χ3v) is 4.50. The van der Waals surface area contributed by atoms with Crippen LogP contribution in [0.4, 0.5) is 0 Å². The van der Waals surface area contributed by atoms with Crippen LogP contribution in [0.5, 0.6) is 5.75 Å². The number of ether oxygens (including phenoxy) is 1. The number of benzene rings is 1. The molecule has 0 amide bonds.